The van der Waals surface area contributed by atoms with Gasteiger partial charge in [0, 0.05) is 6.20 Å². The summed E-state index contributed by atoms with van der Waals surface area (Å²) in [7, 11) is 0. The van der Waals surface area contributed by atoms with Crippen LogP contribution in [0, 0.1) is 5.92 Å². The lowest BCUT2D eigenvalue weighted by molar-refractivity contribution is 0.0690. The number of hydrogen-bond donors (Lipinski definition) is 1. The van der Waals surface area contributed by atoms with Gasteiger partial charge in [0.05, 0.1) is 0 Å². The average Bonchev–Trinajstić information content (AvgIpc) is 2.38. The summed E-state index contributed by atoms with van der Waals surface area (Å²) in [6, 6.07) is 3.48. The van der Waals surface area contributed by atoms with Gasteiger partial charge in [0.2, 0.25) is 0 Å². The molecule has 0 unspecified atom stereocenters. The Morgan fingerprint density at radius 1 is 1.29 bits per heavy atom. The predicted molar refractivity (Wildman–Crippen MR) is 66.1 cm³/mol. The van der Waals surface area contributed by atoms with Crippen LogP contribution in [0.3, 0.4) is 0 Å². The average molecular weight is 233 g/mol. The number of aromatic nitrogens is 1. The molecule has 1 aliphatic carbocycles. The van der Waals surface area contributed by atoms with Crippen LogP contribution in [0.15, 0.2) is 18.3 Å². The van der Waals surface area contributed by atoms with Crippen molar-refractivity contribution >= 4 is 5.97 Å². The topological polar surface area (TPSA) is 50.2 Å². The Balaban J connectivity index is 1.84. The molecule has 0 atom stereocenters. The Morgan fingerprint density at radius 3 is 2.65 bits per heavy atom. The van der Waals surface area contributed by atoms with Crippen molar-refractivity contribution in [3.63, 3.8) is 0 Å². The molecule has 1 aromatic heterocycles. The standard InChI is InChI=1S/C14H19NO2/c16-14(17)13-9-8-12(10-15-13)7-6-11-4-2-1-3-5-11/h8-11H,1-7H2,(H,16,17). The summed E-state index contributed by atoms with van der Waals surface area (Å²) in [6.07, 6.45) is 10.8. The minimum Gasteiger partial charge on any atom is -0.477 e. The zero-order valence-corrected chi connectivity index (χ0v) is 10.1. The number of rotatable bonds is 4. The van der Waals surface area contributed by atoms with Crippen LogP contribution in [0.4, 0.5) is 0 Å². The van der Waals surface area contributed by atoms with Gasteiger partial charge in [-0.3, -0.25) is 0 Å². The van der Waals surface area contributed by atoms with Crippen molar-refractivity contribution in [1.29, 1.82) is 0 Å². The fourth-order valence-electron chi connectivity index (χ4n) is 2.55. The van der Waals surface area contributed by atoms with Crippen molar-refractivity contribution in [2.75, 3.05) is 0 Å². The zero-order valence-electron chi connectivity index (χ0n) is 10.1. The highest BCUT2D eigenvalue weighted by Gasteiger charge is 2.13. The fraction of sp³-hybridized carbons (Fsp3) is 0.571. The highest BCUT2D eigenvalue weighted by Crippen LogP contribution is 2.27. The lowest BCUT2D eigenvalue weighted by atomic mass is 9.85. The first-order valence-electron chi connectivity index (χ1n) is 6.44. The monoisotopic (exact) mass is 233 g/mol. The molecule has 3 heteroatoms. The van der Waals surface area contributed by atoms with Gasteiger partial charge < -0.3 is 5.11 Å². The lowest BCUT2D eigenvalue weighted by Crippen LogP contribution is -2.07. The fourth-order valence-corrected chi connectivity index (χ4v) is 2.55. The third-order valence-corrected chi connectivity index (χ3v) is 3.61. The number of carboxylic acids is 1. The predicted octanol–water partition coefficient (Wildman–Crippen LogP) is 3.29. The van der Waals surface area contributed by atoms with Gasteiger partial charge in [-0.05, 0) is 30.4 Å². The summed E-state index contributed by atoms with van der Waals surface area (Å²) in [5, 5.41) is 8.75. The van der Waals surface area contributed by atoms with E-state index in [9.17, 15) is 4.79 Å². The summed E-state index contributed by atoms with van der Waals surface area (Å²) < 4.78 is 0. The molecule has 1 saturated carbocycles. The van der Waals surface area contributed by atoms with E-state index in [1.165, 1.54) is 38.5 Å². The molecule has 1 aliphatic rings. The van der Waals surface area contributed by atoms with E-state index in [2.05, 4.69) is 4.98 Å². The molecule has 0 aromatic carbocycles. The summed E-state index contributed by atoms with van der Waals surface area (Å²) in [5.41, 5.74) is 1.28. The molecule has 0 spiro atoms. The second-order valence-corrected chi connectivity index (χ2v) is 4.90. The molecule has 0 bridgehead atoms. The smallest absolute Gasteiger partial charge is 0.354 e. The first kappa shape index (κ1) is 12.1. The van der Waals surface area contributed by atoms with Crippen LogP contribution in [-0.2, 0) is 6.42 Å². The van der Waals surface area contributed by atoms with Gasteiger partial charge >= 0.3 is 5.97 Å². The van der Waals surface area contributed by atoms with Crippen LogP contribution in [0.25, 0.3) is 0 Å². The van der Waals surface area contributed by atoms with Crippen LogP contribution < -0.4 is 0 Å². The maximum atomic E-state index is 10.7. The van der Waals surface area contributed by atoms with E-state index in [0.717, 1.165) is 17.9 Å². The lowest BCUT2D eigenvalue weighted by Gasteiger charge is -2.21. The summed E-state index contributed by atoms with van der Waals surface area (Å²) >= 11 is 0. The summed E-state index contributed by atoms with van der Waals surface area (Å²) in [6.45, 7) is 0. The van der Waals surface area contributed by atoms with Crippen LogP contribution in [0.2, 0.25) is 0 Å². The molecule has 92 valence electrons. The molecular weight excluding hydrogens is 214 g/mol. The number of hydrogen-bond acceptors (Lipinski definition) is 2. The number of aryl methyl sites for hydroxylation is 1. The van der Waals surface area contributed by atoms with Crippen molar-refractivity contribution in [1.82, 2.24) is 4.98 Å². The molecule has 1 heterocycles. The van der Waals surface area contributed by atoms with E-state index < -0.39 is 5.97 Å². The molecule has 0 amide bonds. The quantitative estimate of drug-likeness (QED) is 0.868. The van der Waals surface area contributed by atoms with Crippen LogP contribution in [0.1, 0.15) is 54.6 Å². The first-order chi connectivity index (χ1) is 8.25. The maximum absolute atomic E-state index is 10.7. The van der Waals surface area contributed by atoms with Crippen molar-refractivity contribution in [2.45, 2.75) is 44.9 Å². The molecule has 2 rings (SSSR count). The molecule has 1 fully saturated rings. The zero-order chi connectivity index (χ0) is 12.1. The second kappa shape index (κ2) is 5.80. The summed E-state index contributed by atoms with van der Waals surface area (Å²) in [5.74, 6) is -0.0910. The van der Waals surface area contributed by atoms with Gasteiger partial charge in [0.25, 0.3) is 0 Å². The third kappa shape index (κ3) is 3.55. The maximum Gasteiger partial charge on any atom is 0.354 e. The first-order valence-corrected chi connectivity index (χ1v) is 6.44. The Morgan fingerprint density at radius 2 is 2.06 bits per heavy atom. The largest absolute Gasteiger partial charge is 0.477 e. The van der Waals surface area contributed by atoms with E-state index in [0.29, 0.717) is 0 Å². The number of aromatic carboxylic acids is 1. The number of pyridine rings is 1. The molecule has 3 nitrogen and oxygen atoms in total. The SMILES string of the molecule is O=C(O)c1ccc(CCC2CCCCC2)cn1. The summed E-state index contributed by atoms with van der Waals surface area (Å²) in [4.78, 5) is 14.6. The van der Waals surface area contributed by atoms with Crippen LogP contribution in [0.5, 0.6) is 0 Å². The molecule has 0 radical (unpaired) electrons. The van der Waals surface area contributed by atoms with Crippen molar-refractivity contribution in [2.24, 2.45) is 5.92 Å². The van der Waals surface area contributed by atoms with Crippen molar-refractivity contribution in [3.8, 4) is 0 Å². The van der Waals surface area contributed by atoms with E-state index in [1.54, 1.807) is 12.3 Å². The van der Waals surface area contributed by atoms with Gasteiger partial charge in [-0.1, -0.05) is 38.2 Å². The van der Waals surface area contributed by atoms with Gasteiger partial charge in [0.1, 0.15) is 5.69 Å². The minimum absolute atomic E-state index is 0.131. The molecular formula is C14H19NO2. The number of carboxylic acid groups (broad SMARTS) is 1. The van der Waals surface area contributed by atoms with Gasteiger partial charge in [-0.2, -0.15) is 0 Å². The Bertz CT molecular complexity index is 366. The van der Waals surface area contributed by atoms with Crippen LogP contribution >= 0.6 is 0 Å². The Kier molecular flexibility index (Phi) is 4.13. The number of carbonyl (C=O) groups is 1. The van der Waals surface area contributed by atoms with Gasteiger partial charge in [-0.15, -0.1) is 0 Å². The highest BCUT2D eigenvalue weighted by molar-refractivity contribution is 5.85. The van der Waals surface area contributed by atoms with Crippen molar-refractivity contribution < 1.29 is 9.90 Å². The second-order valence-electron chi connectivity index (χ2n) is 4.90. The number of nitrogens with zero attached hydrogens (tertiary/aromatic N) is 1. The molecule has 1 N–H and O–H groups in total. The molecule has 0 saturated heterocycles. The van der Waals surface area contributed by atoms with E-state index in [-0.39, 0.29) is 5.69 Å². The van der Waals surface area contributed by atoms with E-state index in [1.807, 2.05) is 6.07 Å². The molecule has 1 aromatic rings. The third-order valence-electron chi connectivity index (χ3n) is 3.61. The normalized spacial score (nSPS) is 16.9. The van der Waals surface area contributed by atoms with Crippen molar-refractivity contribution in [3.05, 3.63) is 29.6 Å². The van der Waals surface area contributed by atoms with E-state index in [4.69, 9.17) is 5.11 Å². The van der Waals surface area contributed by atoms with E-state index >= 15 is 0 Å². The van der Waals surface area contributed by atoms with Gasteiger partial charge in [-0.25, -0.2) is 9.78 Å². The molecule has 0 aliphatic heterocycles. The van der Waals surface area contributed by atoms with Crippen LogP contribution in [-0.4, -0.2) is 16.1 Å². The molecule has 17 heavy (non-hydrogen) atoms. The van der Waals surface area contributed by atoms with Gasteiger partial charge in [0.15, 0.2) is 0 Å². The minimum atomic E-state index is -0.955. The Hall–Kier alpha value is -1.38. The Labute approximate surface area is 102 Å². The highest BCUT2D eigenvalue weighted by atomic mass is 16.4.